The van der Waals surface area contributed by atoms with E-state index in [0.29, 0.717) is 0 Å². The maximum Gasteiger partial charge on any atom is 0.122 e. The minimum absolute atomic E-state index is 0.745. The molecule has 1 saturated carbocycles. The van der Waals surface area contributed by atoms with Crippen LogP contribution in [0.15, 0.2) is 18.2 Å². The Kier molecular flexibility index (Phi) is 3.76. The number of halogens is 1. The smallest absolute Gasteiger partial charge is 0.122 e. The van der Waals surface area contributed by atoms with Crippen molar-refractivity contribution in [3.05, 3.63) is 29.3 Å². The van der Waals surface area contributed by atoms with Gasteiger partial charge in [-0.25, -0.2) is 0 Å². The first-order valence-electron chi connectivity index (χ1n) is 6.91. The third-order valence-corrected chi connectivity index (χ3v) is 4.05. The molecule has 1 heterocycles. The highest BCUT2D eigenvalue weighted by atomic mass is 35.5. The highest BCUT2D eigenvalue weighted by Gasteiger charge is 2.28. The summed E-state index contributed by atoms with van der Waals surface area (Å²) in [5, 5.41) is 0. The Labute approximate surface area is 114 Å². The molecule has 1 aliphatic heterocycles. The molecule has 1 fully saturated rings. The summed E-state index contributed by atoms with van der Waals surface area (Å²) in [5.41, 5.74) is 2.81. The van der Waals surface area contributed by atoms with Crippen LogP contribution in [0.1, 0.15) is 24.0 Å². The Balaban J connectivity index is 1.58. The first kappa shape index (κ1) is 12.3. The fraction of sp³-hybridized carbons (Fsp3) is 0.600. The fourth-order valence-electron chi connectivity index (χ4n) is 2.69. The van der Waals surface area contributed by atoms with Crippen molar-refractivity contribution in [3.63, 3.8) is 0 Å². The van der Waals surface area contributed by atoms with Gasteiger partial charge < -0.3 is 4.74 Å². The molecule has 2 nitrogen and oxygen atoms in total. The Hall–Kier alpha value is -0.730. The van der Waals surface area contributed by atoms with Crippen LogP contribution in [0.25, 0.3) is 0 Å². The molecule has 18 heavy (non-hydrogen) atoms. The standard InChI is InChI=1S/C15H20ClNO/c16-7-9-17(14-2-3-14)8-5-12-1-4-15-13(11-12)6-10-18-15/h1,4,11,14H,2-3,5-10H2. The zero-order chi connectivity index (χ0) is 12.4. The normalized spacial score (nSPS) is 17.9. The van der Waals surface area contributed by atoms with E-state index in [9.17, 15) is 0 Å². The van der Waals surface area contributed by atoms with Gasteiger partial charge in [0.2, 0.25) is 0 Å². The van der Waals surface area contributed by atoms with E-state index in [0.717, 1.165) is 50.2 Å². The van der Waals surface area contributed by atoms with Crippen molar-refractivity contribution in [2.75, 3.05) is 25.6 Å². The Morgan fingerprint density at radius 1 is 1.28 bits per heavy atom. The van der Waals surface area contributed by atoms with Gasteiger partial charge >= 0.3 is 0 Å². The molecule has 0 radical (unpaired) electrons. The van der Waals surface area contributed by atoms with Crippen LogP contribution in [0.3, 0.4) is 0 Å². The van der Waals surface area contributed by atoms with Gasteiger partial charge in [-0.3, -0.25) is 4.90 Å². The predicted molar refractivity (Wildman–Crippen MR) is 74.7 cm³/mol. The topological polar surface area (TPSA) is 12.5 Å². The van der Waals surface area contributed by atoms with Crippen LogP contribution in [0, 0.1) is 0 Å². The second-order valence-corrected chi connectivity index (χ2v) is 5.62. The van der Waals surface area contributed by atoms with Crippen molar-refractivity contribution < 1.29 is 4.74 Å². The summed E-state index contributed by atoms with van der Waals surface area (Å²) in [6.07, 6.45) is 4.90. The summed E-state index contributed by atoms with van der Waals surface area (Å²) in [6, 6.07) is 7.45. The fourth-order valence-corrected chi connectivity index (χ4v) is 2.91. The molecule has 1 aliphatic carbocycles. The third kappa shape index (κ3) is 2.81. The van der Waals surface area contributed by atoms with Gasteiger partial charge in [-0.2, -0.15) is 0 Å². The molecule has 98 valence electrons. The molecule has 0 atom stereocenters. The number of nitrogens with zero attached hydrogens (tertiary/aromatic N) is 1. The van der Waals surface area contributed by atoms with E-state index >= 15 is 0 Å². The van der Waals surface area contributed by atoms with Crippen LogP contribution < -0.4 is 4.74 Å². The SMILES string of the molecule is ClCCN(CCc1ccc2c(c1)CCO2)C1CC1. The number of hydrogen-bond donors (Lipinski definition) is 0. The maximum absolute atomic E-state index is 5.87. The predicted octanol–water partition coefficient (Wildman–Crippen LogP) is 2.87. The van der Waals surface area contributed by atoms with Gasteiger partial charge in [0.1, 0.15) is 5.75 Å². The molecule has 3 heteroatoms. The highest BCUT2D eigenvalue weighted by molar-refractivity contribution is 6.18. The van der Waals surface area contributed by atoms with E-state index in [1.165, 1.54) is 24.0 Å². The molecule has 0 aromatic heterocycles. The van der Waals surface area contributed by atoms with Crippen molar-refractivity contribution in [3.8, 4) is 5.75 Å². The second kappa shape index (κ2) is 5.50. The molecule has 1 aromatic rings. The lowest BCUT2D eigenvalue weighted by Crippen LogP contribution is -2.30. The van der Waals surface area contributed by atoms with E-state index in [4.69, 9.17) is 16.3 Å². The third-order valence-electron chi connectivity index (χ3n) is 3.88. The van der Waals surface area contributed by atoms with Gasteiger partial charge in [-0.1, -0.05) is 12.1 Å². The number of fused-ring (bicyclic) bond motifs is 1. The lowest BCUT2D eigenvalue weighted by atomic mass is 10.1. The van der Waals surface area contributed by atoms with E-state index < -0.39 is 0 Å². The molecule has 0 unspecified atom stereocenters. The minimum atomic E-state index is 0.745. The summed E-state index contributed by atoms with van der Waals surface area (Å²) >= 11 is 5.87. The molecule has 3 rings (SSSR count). The van der Waals surface area contributed by atoms with Gasteiger partial charge in [0.25, 0.3) is 0 Å². The molecular weight excluding hydrogens is 246 g/mol. The summed E-state index contributed by atoms with van der Waals surface area (Å²) < 4.78 is 5.54. The molecule has 0 amide bonds. The van der Waals surface area contributed by atoms with Crippen molar-refractivity contribution in [1.29, 1.82) is 0 Å². The summed E-state index contributed by atoms with van der Waals surface area (Å²) in [6.45, 7) is 3.01. The van der Waals surface area contributed by atoms with Gasteiger partial charge in [0.15, 0.2) is 0 Å². The van der Waals surface area contributed by atoms with Crippen LogP contribution in [-0.2, 0) is 12.8 Å². The largest absolute Gasteiger partial charge is 0.493 e. The minimum Gasteiger partial charge on any atom is -0.493 e. The number of benzene rings is 1. The first-order valence-corrected chi connectivity index (χ1v) is 7.45. The Morgan fingerprint density at radius 2 is 2.17 bits per heavy atom. The molecule has 2 aliphatic rings. The van der Waals surface area contributed by atoms with E-state index in [-0.39, 0.29) is 0 Å². The molecular formula is C15H20ClNO. The van der Waals surface area contributed by atoms with Crippen LogP contribution in [0.5, 0.6) is 5.75 Å². The van der Waals surface area contributed by atoms with Crippen molar-refractivity contribution >= 4 is 11.6 Å². The van der Waals surface area contributed by atoms with Crippen molar-refractivity contribution in [1.82, 2.24) is 4.90 Å². The quantitative estimate of drug-likeness (QED) is 0.734. The summed E-state index contributed by atoms with van der Waals surface area (Å²) in [7, 11) is 0. The summed E-state index contributed by atoms with van der Waals surface area (Å²) in [5.74, 6) is 1.83. The Bertz CT molecular complexity index is 417. The van der Waals surface area contributed by atoms with Crippen LogP contribution >= 0.6 is 11.6 Å². The molecule has 1 aromatic carbocycles. The second-order valence-electron chi connectivity index (χ2n) is 5.25. The average Bonchev–Trinajstić information content (AvgIpc) is 3.12. The van der Waals surface area contributed by atoms with Gasteiger partial charge in [-0.15, -0.1) is 11.6 Å². The van der Waals surface area contributed by atoms with Gasteiger partial charge in [-0.05, 0) is 36.5 Å². The van der Waals surface area contributed by atoms with Gasteiger partial charge in [0, 0.05) is 31.4 Å². The monoisotopic (exact) mass is 265 g/mol. The zero-order valence-corrected chi connectivity index (χ0v) is 11.5. The number of alkyl halides is 1. The van der Waals surface area contributed by atoms with Crippen LogP contribution in [0.4, 0.5) is 0 Å². The van der Waals surface area contributed by atoms with E-state index in [2.05, 4.69) is 23.1 Å². The maximum atomic E-state index is 5.87. The van der Waals surface area contributed by atoms with E-state index in [1.807, 2.05) is 0 Å². The molecule has 0 N–H and O–H groups in total. The first-order chi connectivity index (χ1) is 8.86. The number of hydrogen-bond acceptors (Lipinski definition) is 2. The van der Waals surface area contributed by atoms with Crippen LogP contribution in [-0.4, -0.2) is 36.5 Å². The van der Waals surface area contributed by atoms with Crippen molar-refractivity contribution in [2.45, 2.75) is 31.7 Å². The average molecular weight is 266 g/mol. The lowest BCUT2D eigenvalue weighted by molar-refractivity contribution is 0.283. The van der Waals surface area contributed by atoms with Crippen LogP contribution in [0.2, 0.25) is 0 Å². The van der Waals surface area contributed by atoms with Gasteiger partial charge in [0.05, 0.1) is 6.61 Å². The van der Waals surface area contributed by atoms with E-state index in [1.54, 1.807) is 0 Å². The molecule has 0 spiro atoms. The molecule has 0 bridgehead atoms. The zero-order valence-electron chi connectivity index (χ0n) is 10.7. The Morgan fingerprint density at radius 3 is 2.94 bits per heavy atom. The number of ether oxygens (including phenoxy) is 1. The highest BCUT2D eigenvalue weighted by Crippen LogP contribution is 2.28. The number of rotatable bonds is 6. The summed E-state index contributed by atoms with van der Waals surface area (Å²) in [4.78, 5) is 2.54. The van der Waals surface area contributed by atoms with Crippen molar-refractivity contribution in [2.24, 2.45) is 0 Å². The lowest BCUT2D eigenvalue weighted by Gasteiger charge is -2.20. The molecule has 0 saturated heterocycles.